The Morgan fingerprint density at radius 1 is 1.44 bits per heavy atom. The molecule has 0 radical (unpaired) electrons. The van der Waals surface area contributed by atoms with Crippen molar-refractivity contribution in [2.75, 3.05) is 13.1 Å². The minimum Gasteiger partial charge on any atom is -0.389 e. The standard InChI is InChI=1S/C12H14N2O3S/c1-12(15)6-7-14(9-12)18(16,17)11-5-3-2-4-10(11)8-13/h2-5,15H,6-7,9H2,1H3. The van der Waals surface area contributed by atoms with Gasteiger partial charge in [0.15, 0.2) is 0 Å². The van der Waals surface area contributed by atoms with E-state index in [1.165, 1.54) is 16.4 Å². The summed E-state index contributed by atoms with van der Waals surface area (Å²) in [5, 5.41) is 18.8. The van der Waals surface area contributed by atoms with Gasteiger partial charge in [-0.25, -0.2) is 8.42 Å². The molecule has 18 heavy (non-hydrogen) atoms. The van der Waals surface area contributed by atoms with Gasteiger partial charge in [0.25, 0.3) is 0 Å². The summed E-state index contributed by atoms with van der Waals surface area (Å²) < 4.78 is 26.0. The molecule has 0 saturated carbocycles. The highest BCUT2D eigenvalue weighted by Gasteiger charge is 2.39. The van der Waals surface area contributed by atoms with Crippen molar-refractivity contribution >= 4 is 10.0 Å². The Morgan fingerprint density at radius 2 is 2.11 bits per heavy atom. The molecule has 1 fully saturated rings. The Morgan fingerprint density at radius 3 is 2.67 bits per heavy atom. The molecule has 0 amide bonds. The van der Waals surface area contributed by atoms with Crippen LogP contribution in [0.4, 0.5) is 0 Å². The van der Waals surface area contributed by atoms with Gasteiger partial charge in [0.1, 0.15) is 6.07 Å². The van der Waals surface area contributed by atoms with Crippen molar-refractivity contribution in [3.05, 3.63) is 29.8 Å². The summed E-state index contributed by atoms with van der Waals surface area (Å²) in [6.07, 6.45) is 0.404. The number of nitriles is 1. The molecule has 1 aromatic carbocycles. The highest BCUT2D eigenvalue weighted by Crippen LogP contribution is 2.27. The summed E-state index contributed by atoms with van der Waals surface area (Å²) in [5.74, 6) is 0. The lowest BCUT2D eigenvalue weighted by Gasteiger charge is -2.19. The van der Waals surface area contributed by atoms with Crippen molar-refractivity contribution in [1.29, 1.82) is 5.26 Å². The SMILES string of the molecule is CC1(O)CCN(S(=O)(=O)c2ccccc2C#N)C1. The first kappa shape index (κ1) is 13.0. The second-order valence-corrected chi connectivity index (χ2v) is 6.60. The lowest BCUT2D eigenvalue weighted by molar-refractivity contribution is 0.0762. The Hall–Kier alpha value is -1.42. The van der Waals surface area contributed by atoms with Crippen LogP contribution in [-0.4, -0.2) is 36.5 Å². The average molecular weight is 266 g/mol. The van der Waals surface area contributed by atoms with Gasteiger partial charge in [-0.3, -0.25) is 0 Å². The van der Waals surface area contributed by atoms with E-state index in [0.29, 0.717) is 6.42 Å². The minimum atomic E-state index is -3.70. The van der Waals surface area contributed by atoms with Gasteiger partial charge in [-0.2, -0.15) is 9.57 Å². The Kier molecular flexibility index (Phi) is 3.15. The number of β-amino-alcohol motifs (C(OH)–C–C–N with tert-alkyl or cyclic N) is 1. The predicted molar refractivity (Wildman–Crippen MR) is 65.2 cm³/mol. The molecule has 6 heteroatoms. The molecule has 0 aliphatic carbocycles. The van der Waals surface area contributed by atoms with Crippen molar-refractivity contribution in [3.8, 4) is 6.07 Å². The molecule has 1 saturated heterocycles. The average Bonchev–Trinajstić information content (AvgIpc) is 2.70. The largest absolute Gasteiger partial charge is 0.389 e. The molecule has 1 aliphatic rings. The third kappa shape index (κ3) is 2.25. The number of hydrogen-bond donors (Lipinski definition) is 1. The molecule has 96 valence electrons. The van der Waals surface area contributed by atoms with Gasteiger partial charge in [0.2, 0.25) is 10.0 Å². The molecule has 0 aromatic heterocycles. The van der Waals surface area contributed by atoms with Gasteiger partial charge in [0.05, 0.1) is 16.1 Å². The minimum absolute atomic E-state index is 0.00481. The van der Waals surface area contributed by atoms with E-state index >= 15 is 0 Å². The van der Waals surface area contributed by atoms with E-state index in [-0.39, 0.29) is 23.5 Å². The van der Waals surface area contributed by atoms with Crippen LogP contribution in [0.5, 0.6) is 0 Å². The Labute approximate surface area is 106 Å². The summed E-state index contributed by atoms with van der Waals surface area (Å²) in [7, 11) is -3.70. The maximum atomic E-state index is 12.4. The summed E-state index contributed by atoms with van der Waals surface area (Å²) >= 11 is 0. The van der Waals surface area contributed by atoms with Gasteiger partial charge in [-0.05, 0) is 25.5 Å². The van der Waals surface area contributed by atoms with E-state index in [1.807, 2.05) is 6.07 Å². The topological polar surface area (TPSA) is 81.4 Å². The maximum absolute atomic E-state index is 12.4. The van der Waals surface area contributed by atoms with Crippen LogP contribution in [0.15, 0.2) is 29.2 Å². The lowest BCUT2D eigenvalue weighted by Crippen LogP contribution is -2.34. The maximum Gasteiger partial charge on any atom is 0.244 e. The van der Waals surface area contributed by atoms with Crippen molar-refractivity contribution < 1.29 is 13.5 Å². The van der Waals surface area contributed by atoms with Gasteiger partial charge < -0.3 is 5.11 Å². The highest BCUT2D eigenvalue weighted by atomic mass is 32.2. The molecule has 1 aromatic rings. The van der Waals surface area contributed by atoms with Crippen molar-refractivity contribution in [2.45, 2.75) is 23.8 Å². The lowest BCUT2D eigenvalue weighted by atomic mass is 10.1. The molecule has 1 heterocycles. The summed E-state index contributed by atoms with van der Waals surface area (Å²) in [6.45, 7) is 1.95. The second kappa shape index (κ2) is 4.35. The third-order valence-corrected chi connectivity index (χ3v) is 4.95. The summed E-state index contributed by atoms with van der Waals surface area (Å²) in [4.78, 5) is 0.00481. The van der Waals surface area contributed by atoms with Gasteiger partial charge in [-0.1, -0.05) is 12.1 Å². The zero-order valence-corrected chi connectivity index (χ0v) is 10.8. The molecule has 0 spiro atoms. The Balaban J connectivity index is 2.42. The number of aliphatic hydroxyl groups is 1. The molecule has 5 nitrogen and oxygen atoms in total. The molecular weight excluding hydrogens is 252 g/mol. The van der Waals surface area contributed by atoms with Gasteiger partial charge in [-0.15, -0.1) is 0 Å². The first-order chi connectivity index (χ1) is 8.37. The van der Waals surface area contributed by atoms with Gasteiger partial charge in [0, 0.05) is 13.1 Å². The Bertz CT molecular complexity index is 602. The van der Waals surface area contributed by atoms with Crippen LogP contribution in [-0.2, 0) is 10.0 Å². The highest BCUT2D eigenvalue weighted by molar-refractivity contribution is 7.89. The number of hydrogen-bond acceptors (Lipinski definition) is 4. The van der Waals surface area contributed by atoms with E-state index < -0.39 is 15.6 Å². The molecular formula is C12H14N2O3S. The van der Waals surface area contributed by atoms with Crippen LogP contribution in [0, 0.1) is 11.3 Å². The number of sulfonamides is 1. The smallest absolute Gasteiger partial charge is 0.244 e. The first-order valence-corrected chi connectivity index (χ1v) is 7.02. The van der Waals surface area contributed by atoms with Crippen LogP contribution in [0.25, 0.3) is 0 Å². The zero-order valence-electron chi connectivity index (χ0n) is 10.00. The monoisotopic (exact) mass is 266 g/mol. The molecule has 1 atom stereocenters. The first-order valence-electron chi connectivity index (χ1n) is 5.58. The second-order valence-electron chi connectivity index (χ2n) is 4.69. The van der Waals surface area contributed by atoms with E-state index in [2.05, 4.69) is 0 Å². The predicted octanol–water partition coefficient (Wildman–Crippen LogP) is 0.704. The zero-order chi connectivity index (χ0) is 13.4. The number of benzene rings is 1. The number of nitrogens with zero attached hydrogens (tertiary/aromatic N) is 2. The molecule has 1 N–H and O–H groups in total. The van der Waals surface area contributed by atoms with Crippen molar-refractivity contribution in [3.63, 3.8) is 0 Å². The van der Waals surface area contributed by atoms with Crippen LogP contribution < -0.4 is 0 Å². The fourth-order valence-electron chi connectivity index (χ4n) is 2.03. The van der Waals surface area contributed by atoms with E-state index in [4.69, 9.17) is 5.26 Å². The van der Waals surface area contributed by atoms with Crippen LogP contribution in [0.1, 0.15) is 18.9 Å². The third-order valence-electron chi connectivity index (χ3n) is 3.04. The van der Waals surface area contributed by atoms with Crippen molar-refractivity contribution in [2.24, 2.45) is 0 Å². The molecule has 1 unspecified atom stereocenters. The van der Waals surface area contributed by atoms with E-state index in [1.54, 1.807) is 19.1 Å². The summed E-state index contributed by atoms with van der Waals surface area (Å²) in [5.41, 5.74) is -0.863. The van der Waals surface area contributed by atoms with E-state index in [9.17, 15) is 13.5 Å². The van der Waals surface area contributed by atoms with Crippen LogP contribution >= 0.6 is 0 Å². The van der Waals surface area contributed by atoms with E-state index in [0.717, 1.165) is 0 Å². The molecule has 1 aliphatic heterocycles. The fraction of sp³-hybridized carbons (Fsp3) is 0.417. The van der Waals surface area contributed by atoms with Crippen molar-refractivity contribution in [1.82, 2.24) is 4.31 Å². The van der Waals surface area contributed by atoms with Crippen LogP contribution in [0.3, 0.4) is 0 Å². The number of rotatable bonds is 2. The quantitative estimate of drug-likeness (QED) is 0.854. The normalized spacial score (nSPS) is 24.9. The summed E-state index contributed by atoms with van der Waals surface area (Å²) in [6, 6.07) is 7.98. The molecule has 0 bridgehead atoms. The fourth-order valence-corrected chi connectivity index (χ4v) is 3.73. The molecule has 2 rings (SSSR count). The van der Waals surface area contributed by atoms with Gasteiger partial charge >= 0.3 is 0 Å². The van der Waals surface area contributed by atoms with Crippen LogP contribution in [0.2, 0.25) is 0 Å².